The van der Waals surface area contributed by atoms with Crippen LogP contribution in [0.3, 0.4) is 0 Å². The summed E-state index contributed by atoms with van der Waals surface area (Å²) >= 11 is 0. The molecule has 0 unspecified atom stereocenters. The minimum atomic E-state index is -2.27. The number of carbonyl (C=O) groups is 3. The number of hydrogen-bond donors (Lipinski definition) is 3. The van der Waals surface area contributed by atoms with E-state index in [9.17, 15) is 29.7 Å². The first-order chi connectivity index (χ1) is 25.3. The van der Waals surface area contributed by atoms with Crippen LogP contribution in [-0.2, 0) is 52.3 Å². The van der Waals surface area contributed by atoms with Crippen molar-refractivity contribution in [3.63, 3.8) is 0 Å². The van der Waals surface area contributed by atoms with E-state index in [-0.39, 0.29) is 50.4 Å². The third kappa shape index (κ3) is 12.5. The van der Waals surface area contributed by atoms with Crippen LogP contribution < -0.4 is 0 Å². The van der Waals surface area contributed by atoms with Crippen LogP contribution in [0.25, 0.3) is 0 Å². The highest BCUT2D eigenvalue weighted by Crippen LogP contribution is 2.47. The van der Waals surface area contributed by atoms with Gasteiger partial charge < -0.3 is 53.2 Å². The van der Waals surface area contributed by atoms with Gasteiger partial charge in [0.1, 0.15) is 6.10 Å². The maximum atomic E-state index is 13.3. The first kappa shape index (κ1) is 43.3. The van der Waals surface area contributed by atoms with E-state index < -0.39 is 72.2 Å². The molecule has 3 fully saturated rings. The van der Waals surface area contributed by atoms with Crippen molar-refractivity contribution in [3.05, 3.63) is 23.8 Å². The zero-order valence-corrected chi connectivity index (χ0v) is 32.0. The van der Waals surface area contributed by atoms with E-state index in [1.165, 1.54) is 13.2 Å². The quantitative estimate of drug-likeness (QED) is 0.0995. The second kappa shape index (κ2) is 20.5. The van der Waals surface area contributed by atoms with Crippen molar-refractivity contribution in [1.82, 2.24) is 0 Å². The Kier molecular flexibility index (Phi) is 16.7. The number of hydrogen-bond acceptors (Lipinski definition) is 14. The molecule has 3 saturated heterocycles. The minimum Gasteiger partial charge on any atom is -0.466 e. The van der Waals surface area contributed by atoms with Gasteiger partial charge >= 0.3 is 17.9 Å². The lowest BCUT2D eigenvalue weighted by Gasteiger charge is -2.51. The molecule has 3 N–H and O–H groups in total. The van der Waals surface area contributed by atoms with Crippen molar-refractivity contribution in [3.8, 4) is 0 Å². The van der Waals surface area contributed by atoms with Gasteiger partial charge in [-0.2, -0.15) is 0 Å². The molecule has 302 valence electrons. The number of cyclic esters (lactones) is 1. The Morgan fingerprint density at radius 2 is 1.79 bits per heavy atom. The van der Waals surface area contributed by atoms with Gasteiger partial charge in [-0.1, -0.05) is 52.5 Å². The number of aliphatic hydroxyl groups is 3. The first-order valence-corrected chi connectivity index (χ1v) is 19.4. The Hall–Kier alpha value is -2.43. The number of esters is 3. The lowest BCUT2D eigenvalue weighted by molar-refractivity contribution is -0.327. The molecule has 0 saturated carbocycles. The van der Waals surface area contributed by atoms with E-state index in [1.807, 2.05) is 0 Å². The predicted molar refractivity (Wildman–Crippen MR) is 190 cm³/mol. The van der Waals surface area contributed by atoms with Crippen molar-refractivity contribution in [2.45, 2.75) is 165 Å². The number of fused-ring (bicyclic) bond motifs is 4. The van der Waals surface area contributed by atoms with Gasteiger partial charge in [-0.05, 0) is 50.2 Å². The van der Waals surface area contributed by atoms with Crippen molar-refractivity contribution in [1.29, 1.82) is 0 Å². The van der Waals surface area contributed by atoms with Gasteiger partial charge in [-0.3, -0.25) is 9.59 Å². The number of ether oxygens (including phenoxy) is 8. The van der Waals surface area contributed by atoms with Gasteiger partial charge in [-0.25, -0.2) is 4.79 Å². The number of rotatable bonds is 9. The number of unbranched alkanes of at least 4 members (excludes halogenated alkanes) is 4. The van der Waals surface area contributed by atoms with Crippen LogP contribution in [-0.4, -0.2) is 115 Å². The zero-order valence-electron chi connectivity index (χ0n) is 32.0. The van der Waals surface area contributed by atoms with Crippen molar-refractivity contribution < 1.29 is 67.6 Å². The second-order valence-corrected chi connectivity index (χ2v) is 15.2. The fourth-order valence-corrected chi connectivity index (χ4v) is 7.34. The average molecular weight is 755 g/mol. The molecule has 0 aromatic rings. The number of aliphatic hydroxyl groups excluding tert-OH is 2. The Bertz CT molecular complexity index is 1240. The largest absolute Gasteiger partial charge is 0.466 e. The summed E-state index contributed by atoms with van der Waals surface area (Å²) in [5.41, 5.74) is -1.08. The van der Waals surface area contributed by atoms with E-state index in [2.05, 4.69) is 6.92 Å². The molecule has 4 aliphatic heterocycles. The number of carbonyl (C=O) groups excluding carboxylic acids is 3. The van der Waals surface area contributed by atoms with Crippen molar-refractivity contribution in [2.75, 3.05) is 33.5 Å². The van der Waals surface area contributed by atoms with Gasteiger partial charge in [0, 0.05) is 37.2 Å². The summed E-state index contributed by atoms with van der Waals surface area (Å²) in [6, 6.07) is 0. The molecule has 4 rings (SSSR count). The van der Waals surface area contributed by atoms with Crippen LogP contribution in [0, 0.1) is 5.41 Å². The molecule has 0 amide bonds. The molecule has 4 bridgehead atoms. The van der Waals surface area contributed by atoms with E-state index in [0.29, 0.717) is 38.9 Å². The fourth-order valence-electron chi connectivity index (χ4n) is 7.34. The van der Waals surface area contributed by atoms with Crippen LogP contribution in [0.1, 0.15) is 117 Å². The van der Waals surface area contributed by atoms with Gasteiger partial charge in [0.25, 0.3) is 0 Å². The van der Waals surface area contributed by atoms with Crippen molar-refractivity contribution >= 4 is 17.9 Å². The first-order valence-electron chi connectivity index (χ1n) is 19.4. The maximum absolute atomic E-state index is 13.3. The summed E-state index contributed by atoms with van der Waals surface area (Å²) in [4.78, 5) is 38.9. The van der Waals surface area contributed by atoms with Crippen LogP contribution in [0.4, 0.5) is 0 Å². The second-order valence-electron chi connectivity index (χ2n) is 15.2. The third-order valence-electron chi connectivity index (χ3n) is 10.5. The molecular formula is C39H62O14. The predicted octanol–water partition coefficient (Wildman–Crippen LogP) is 4.30. The molecule has 4 aliphatic rings. The molecule has 53 heavy (non-hydrogen) atoms. The van der Waals surface area contributed by atoms with Gasteiger partial charge in [-0.15, -0.1) is 0 Å². The Morgan fingerprint density at radius 3 is 2.51 bits per heavy atom. The normalized spacial score (nSPS) is 35.3. The summed E-state index contributed by atoms with van der Waals surface area (Å²) in [6.07, 6.45) is 6.76. The Balaban J connectivity index is 1.69. The summed E-state index contributed by atoms with van der Waals surface area (Å²) in [5.74, 6) is -5.22. The van der Waals surface area contributed by atoms with Crippen LogP contribution >= 0.6 is 0 Å². The third-order valence-corrected chi connectivity index (χ3v) is 10.5. The van der Waals surface area contributed by atoms with E-state index in [4.69, 9.17) is 37.9 Å². The Labute approximate surface area is 313 Å². The van der Waals surface area contributed by atoms with Crippen LogP contribution in [0.2, 0.25) is 0 Å². The van der Waals surface area contributed by atoms with E-state index in [0.717, 1.165) is 38.5 Å². The molecule has 14 nitrogen and oxygen atoms in total. The SMILES string of the molecule is CCCCCCCC(=O)O[C@H]1C(=CC(=O)OC)C[C@H]2C[C@H](CO)OC(=O)C[C@H](O)CCO[C@]3(CCCCO3)C[C@@H]3CCO[C@H](C=CC(C)(C)[C@]1(O)O2)O3. The summed E-state index contributed by atoms with van der Waals surface area (Å²) < 4.78 is 47.7. The monoisotopic (exact) mass is 754 g/mol. The average Bonchev–Trinajstić information content (AvgIpc) is 3.12. The summed E-state index contributed by atoms with van der Waals surface area (Å²) in [5, 5.41) is 33.6. The molecule has 4 heterocycles. The van der Waals surface area contributed by atoms with E-state index in [1.54, 1.807) is 26.0 Å². The zero-order chi connectivity index (χ0) is 38.5. The molecular weight excluding hydrogens is 692 g/mol. The Morgan fingerprint density at radius 1 is 1.02 bits per heavy atom. The van der Waals surface area contributed by atoms with Gasteiger partial charge in [0.15, 0.2) is 18.2 Å². The topological polar surface area (TPSA) is 186 Å². The molecule has 0 aromatic carbocycles. The molecule has 0 aliphatic carbocycles. The fraction of sp³-hybridized carbons (Fsp3) is 0.821. The maximum Gasteiger partial charge on any atom is 0.330 e. The summed E-state index contributed by atoms with van der Waals surface area (Å²) in [7, 11) is 1.22. The molecule has 0 radical (unpaired) electrons. The van der Waals surface area contributed by atoms with Crippen LogP contribution in [0.15, 0.2) is 23.8 Å². The highest BCUT2D eigenvalue weighted by Gasteiger charge is 2.57. The molecule has 0 aromatic heterocycles. The highest BCUT2D eigenvalue weighted by atomic mass is 16.7. The molecule has 14 heteroatoms. The van der Waals surface area contributed by atoms with Gasteiger partial charge in [0.05, 0.1) is 58.3 Å². The standard InChI is InChI=1S/C39H62O14/c1-5-6-7-8-9-12-32(42)52-36-27(22-33(43)46-4)21-30-24-31(26-40)50-34(44)23-28(41)14-20-49-38(16-10-11-18-48-38)25-29-15-19-47-35(51-29)13-17-37(2,3)39(36,45)53-30/h13,17,22,28-31,35-36,40-41,45H,5-12,14-16,18-21,23-26H2,1-4H3/t28-,29+,30+,31-,35+,36+,38-,39-/m1/s1. The highest BCUT2D eigenvalue weighted by molar-refractivity contribution is 5.83. The minimum absolute atomic E-state index is 0.0139. The van der Waals surface area contributed by atoms with Crippen LogP contribution in [0.5, 0.6) is 0 Å². The molecule has 1 spiro atoms. The number of methoxy groups -OCH3 is 1. The van der Waals surface area contributed by atoms with E-state index >= 15 is 0 Å². The van der Waals surface area contributed by atoms with Crippen molar-refractivity contribution in [2.24, 2.45) is 5.41 Å². The lowest BCUT2D eigenvalue weighted by Crippen LogP contribution is -2.62. The lowest BCUT2D eigenvalue weighted by atomic mass is 9.74. The van der Waals surface area contributed by atoms with Gasteiger partial charge in [0.2, 0.25) is 5.79 Å². The summed E-state index contributed by atoms with van der Waals surface area (Å²) in [6.45, 7) is 5.99. The molecule has 8 atom stereocenters. The smallest absolute Gasteiger partial charge is 0.330 e.